The zero-order valence-electron chi connectivity index (χ0n) is 21.2. The number of hydrogen-bond donors (Lipinski definition) is 2. The fourth-order valence-electron chi connectivity index (χ4n) is 5.36. The average molecular weight is 539 g/mol. The number of aromatic nitrogens is 6. The maximum absolute atomic E-state index is 13.6. The van der Waals surface area contributed by atoms with Crippen LogP contribution in [0.15, 0.2) is 71.1 Å². The molecule has 5 heterocycles. The summed E-state index contributed by atoms with van der Waals surface area (Å²) in [7, 11) is 2.12. The van der Waals surface area contributed by atoms with E-state index in [0.29, 0.717) is 27.8 Å². The molecule has 6 aromatic rings. The molecule has 1 fully saturated rings. The molecule has 2 aromatic carbocycles. The van der Waals surface area contributed by atoms with Gasteiger partial charge in [0.05, 0.1) is 11.6 Å². The first-order valence-electron chi connectivity index (χ1n) is 12.9. The van der Waals surface area contributed by atoms with Gasteiger partial charge in [0, 0.05) is 28.8 Å². The molecule has 0 spiro atoms. The van der Waals surface area contributed by atoms with E-state index in [2.05, 4.69) is 32.2 Å². The van der Waals surface area contributed by atoms with Crippen LogP contribution < -0.4 is 10.9 Å². The molecule has 1 aliphatic heterocycles. The summed E-state index contributed by atoms with van der Waals surface area (Å²) in [5.41, 5.74) is 3.08. The smallest absolute Gasteiger partial charge is 0.284 e. The molecule has 11 heteroatoms. The number of nitrogens with one attached hydrogen (secondary N) is 1. The Morgan fingerprint density at radius 1 is 1.03 bits per heavy atom. The Labute approximate surface area is 227 Å². The number of para-hydroxylation sites is 1. The Morgan fingerprint density at radius 3 is 2.59 bits per heavy atom. The normalized spacial score (nSPS) is 15.8. The Bertz CT molecular complexity index is 1860. The van der Waals surface area contributed by atoms with Crippen molar-refractivity contribution in [2.45, 2.75) is 18.9 Å². The summed E-state index contributed by atoms with van der Waals surface area (Å²) in [6.45, 7) is 2.02. The lowest BCUT2D eigenvalue weighted by atomic mass is 9.87. The van der Waals surface area contributed by atoms with Crippen molar-refractivity contribution in [3.05, 3.63) is 82.2 Å². The Morgan fingerprint density at radius 2 is 1.82 bits per heavy atom. The summed E-state index contributed by atoms with van der Waals surface area (Å²) < 4.78 is 3.33. The summed E-state index contributed by atoms with van der Waals surface area (Å²) in [6, 6.07) is 15.4. The average Bonchev–Trinajstić information content (AvgIpc) is 3.60. The van der Waals surface area contributed by atoms with Crippen LogP contribution in [0.3, 0.4) is 0 Å². The zero-order valence-corrected chi connectivity index (χ0v) is 22.0. The van der Waals surface area contributed by atoms with Gasteiger partial charge < -0.3 is 15.3 Å². The fraction of sp³-hybridized carbons (Fsp3) is 0.250. The molecule has 7 rings (SSSR count). The van der Waals surface area contributed by atoms with Gasteiger partial charge in [-0.15, -0.1) is 11.3 Å². The number of nitrogens with zero attached hydrogens (tertiary/aromatic N) is 7. The maximum atomic E-state index is 13.6. The van der Waals surface area contributed by atoms with Crippen molar-refractivity contribution in [1.82, 2.24) is 34.0 Å². The summed E-state index contributed by atoms with van der Waals surface area (Å²) in [4.78, 5) is 34.1. The number of likely N-dealkylation sites (tertiary alicyclic amines) is 1. The Balaban J connectivity index is 1.22. The van der Waals surface area contributed by atoms with Crippen molar-refractivity contribution in [2.75, 3.05) is 25.5 Å². The predicted octanol–water partition coefficient (Wildman–Crippen LogP) is 4.16. The third-order valence-electron chi connectivity index (χ3n) is 7.50. The van der Waals surface area contributed by atoms with Gasteiger partial charge in [-0.2, -0.15) is 9.50 Å². The molecular weight excluding hydrogens is 512 g/mol. The lowest BCUT2D eigenvalue weighted by Crippen LogP contribution is -2.32. The molecule has 39 heavy (non-hydrogen) atoms. The first-order valence-corrected chi connectivity index (χ1v) is 13.8. The van der Waals surface area contributed by atoms with Crippen LogP contribution in [0.25, 0.3) is 32.7 Å². The van der Waals surface area contributed by atoms with Crippen LogP contribution in [0.5, 0.6) is 0 Å². The van der Waals surface area contributed by atoms with E-state index < -0.39 is 6.10 Å². The monoisotopic (exact) mass is 538 g/mol. The minimum Gasteiger partial charge on any atom is -0.388 e. The second-order valence-electron chi connectivity index (χ2n) is 9.96. The van der Waals surface area contributed by atoms with E-state index in [1.165, 1.54) is 22.0 Å². The zero-order chi connectivity index (χ0) is 26.5. The number of benzene rings is 2. The molecule has 0 radical (unpaired) electrons. The topological polar surface area (TPSA) is 113 Å². The van der Waals surface area contributed by atoms with Gasteiger partial charge in [0.1, 0.15) is 5.39 Å². The van der Waals surface area contributed by atoms with E-state index in [1.54, 1.807) is 10.9 Å². The highest BCUT2D eigenvalue weighted by molar-refractivity contribution is 7.12. The minimum absolute atomic E-state index is 0.264. The van der Waals surface area contributed by atoms with Crippen LogP contribution in [0.2, 0.25) is 0 Å². The lowest BCUT2D eigenvalue weighted by molar-refractivity contribution is 0.0658. The molecule has 0 aliphatic carbocycles. The van der Waals surface area contributed by atoms with E-state index in [-0.39, 0.29) is 11.5 Å². The van der Waals surface area contributed by atoms with Gasteiger partial charge in [-0.25, -0.2) is 19.6 Å². The van der Waals surface area contributed by atoms with Crippen LogP contribution in [0, 0.1) is 5.92 Å². The second kappa shape index (κ2) is 9.53. The van der Waals surface area contributed by atoms with Gasteiger partial charge in [0.2, 0.25) is 11.1 Å². The number of rotatable bonds is 5. The van der Waals surface area contributed by atoms with Crippen molar-refractivity contribution in [3.63, 3.8) is 0 Å². The van der Waals surface area contributed by atoms with E-state index in [4.69, 9.17) is 4.98 Å². The van der Waals surface area contributed by atoms with Crippen molar-refractivity contribution in [1.29, 1.82) is 0 Å². The quantitative estimate of drug-likeness (QED) is 0.337. The molecule has 0 amide bonds. The number of aliphatic hydroxyl groups is 1. The second-order valence-corrected chi connectivity index (χ2v) is 10.8. The number of aliphatic hydroxyl groups excluding tert-OH is 1. The maximum Gasteiger partial charge on any atom is 0.284 e. The van der Waals surface area contributed by atoms with E-state index in [9.17, 15) is 9.90 Å². The molecular formula is C28H26N8O2S. The van der Waals surface area contributed by atoms with Gasteiger partial charge >= 0.3 is 0 Å². The van der Waals surface area contributed by atoms with Gasteiger partial charge in [-0.1, -0.05) is 24.3 Å². The molecule has 2 N–H and O–H groups in total. The highest BCUT2D eigenvalue weighted by atomic mass is 32.1. The van der Waals surface area contributed by atoms with Crippen LogP contribution in [0.1, 0.15) is 24.5 Å². The molecule has 10 nitrogen and oxygen atoms in total. The SMILES string of the molecule is CN1CCC(C(O)c2ccc(Nc3ncc4c(=O)n5c(nc4n3)c3ccccc3n5-c3nccs3)cc2)CC1. The van der Waals surface area contributed by atoms with E-state index in [1.807, 2.05) is 53.9 Å². The highest BCUT2D eigenvalue weighted by Gasteiger charge is 2.25. The number of fused-ring (bicyclic) bond motifs is 4. The largest absolute Gasteiger partial charge is 0.388 e. The molecule has 1 aliphatic rings. The Kier molecular flexibility index (Phi) is 5.84. The van der Waals surface area contributed by atoms with Crippen LogP contribution in [-0.2, 0) is 0 Å². The van der Waals surface area contributed by atoms with Crippen LogP contribution in [-0.4, -0.2) is 59.3 Å². The molecule has 1 saturated heterocycles. The van der Waals surface area contributed by atoms with Crippen molar-refractivity contribution >= 4 is 50.6 Å². The fourth-order valence-corrected chi connectivity index (χ4v) is 6.01. The molecule has 196 valence electrons. The molecule has 0 saturated carbocycles. The first-order chi connectivity index (χ1) is 19.1. The van der Waals surface area contributed by atoms with Gasteiger partial charge in [0.25, 0.3) is 5.56 Å². The predicted molar refractivity (Wildman–Crippen MR) is 152 cm³/mol. The van der Waals surface area contributed by atoms with Crippen molar-refractivity contribution in [3.8, 4) is 5.13 Å². The van der Waals surface area contributed by atoms with E-state index >= 15 is 0 Å². The summed E-state index contributed by atoms with van der Waals surface area (Å²) in [5.74, 6) is 0.610. The number of piperidine rings is 1. The Hall–Kier alpha value is -4.19. The van der Waals surface area contributed by atoms with Crippen LogP contribution in [0.4, 0.5) is 11.6 Å². The van der Waals surface area contributed by atoms with Gasteiger partial charge in [-0.3, -0.25) is 4.79 Å². The number of thiazole rings is 1. The first kappa shape index (κ1) is 23.9. The summed E-state index contributed by atoms with van der Waals surface area (Å²) in [6.07, 6.45) is 4.73. The third-order valence-corrected chi connectivity index (χ3v) is 8.24. The highest BCUT2D eigenvalue weighted by Crippen LogP contribution is 2.31. The lowest BCUT2D eigenvalue weighted by Gasteiger charge is -2.32. The van der Waals surface area contributed by atoms with Gasteiger partial charge in [0.15, 0.2) is 11.3 Å². The minimum atomic E-state index is -0.476. The number of hydrogen-bond acceptors (Lipinski definition) is 9. The van der Waals surface area contributed by atoms with Crippen molar-refractivity contribution < 1.29 is 5.11 Å². The molecule has 1 atom stereocenters. The summed E-state index contributed by atoms with van der Waals surface area (Å²) >= 11 is 1.44. The van der Waals surface area contributed by atoms with E-state index in [0.717, 1.165) is 48.1 Å². The van der Waals surface area contributed by atoms with Crippen LogP contribution >= 0.6 is 11.3 Å². The molecule has 0 bridgehead atoms. The summed E-state index contributed by atoms with van der Waals surface area (Å²) in [5, 5.41) is 17.8. The standard InChI is InChI=1S/C28H26N8O2S/c1-34-13-10-18(11-14-34)23(37)17-6-8-19(9-7-17)31-27-30-16-21-24(33-27)32-25-20-4-2-3-5-22(20)35(36(25)26(21)38)28-29-12-15-39-28/h2-9,12,15-16,18,23,37H,10-11,13-14H2,1H3,(H,30,31,33). The molecule has 1 unspecified atom stereocenters. The third kappa shape index (κ3) is 4.15. The van der Waals surface area contributed by atoms with Crippen molar-refractivity contribution in [2.24, 2.45) is 5.92 Å². The van der Waals surface area contributed by atoms with Gasteiger partial charge in [-0.05, 0) is 68.7 Å². The number of anilines is 2. The molecule has 4 aromatic heterocycles.